The van der Waals surface area contributed by atoms with Crippen molar-refractivity contribution in [1.82, 2.24) is 4.57 Å². The highest BCUT2D eigenvalue weighted by Gasteiger charge is 2.35. The lowest BCUT2D eigenvalue weighted by Gasteiger charge is -2.23. The largest absolute Gasteiger partial charge is 0.309 e. The molecule has 1 aliphatic carbocycles. The Balaban J connectivity index is 1.55. The van der Waals surface area contributed by atoms with Crippen LogP contribution in [0.15, 0.2) is 84.9 Å². The van der Waals surface area contributed by atoms with Gasteiger partial charge in [-0.05, 0) is 64.9 Å². The van der Waals surface area contributed by atoms with Crippen LogP contribution in [0.1, 0.15) is 50.3 Å². The van der Waals surface area contributed by atoms with Gasteiger partial charge in [0.25, 0.3) is 0 Å². The van der Waals surface area contributed by atoms with Crippen molar-refractivity contribution >= 4 is 21.8 Å². The molecule has 0 unspecified atom stereocenters. The first kappa shape index (κ1) is 19.4. The van der Waals surface area contributed by atoms with Gasteiger partial charge < -0.3 is 4.57 Å². The van der Waals surface area contributed by atoms with E-state index in [0.717, 1.165) is 0 Å². The summed E-state index contributed by atoms with van der Waals surface area (Å²) in [5.41, 5.74) is 10.9. The van der Waals surface area contributed by atoms with Crippen molar-refractivity contribution in [2.75, 3.05) is 0 Å². The summed E-state index contributed by atoms with van der Waals surface area (Å²) in [4.78, 5) is 0. The third-order valence-corrected chi connectivity index (χ3v) is 7.38. The molecule has 0 bridgehead atoms. The summed E-state index contributed by atoms with van der Waals surface area (Å²) in [6.45, 7) is 7.04. The van der Waals surface area contributed by atoms with Crippen molar-refractivity contribution in [3.05, 3.63) is 102 Å². The van der Waals surface area contributed by atoms with Gasteiger partial charge in [-0.1, -0.05) is 87.9 Å². The Bertz CT molecular complexity index is 1430. The van der Waals surface area contributed by atoms with E-state index in [2.05, 4.69) is 110 Å². The van der Waals surface area contributed by atoms with Gasteiger partial charge in [-0.3, -0.25) is 0 Å². The molecule has 1 aliphatic rings. The molecule has 1 nitrogen and oxygen atoms in total. The van der Waals surface area contributed by atoms with E-state index in [4.69, 9.17) is 0 Å². The van der Waals surface area contributed by atoms with Gasteiger partial charge in [0.15, 0.2) is 0 Å². The second-order valence-corrected chi connectivity index (χ2v) is 9.71. The summed E-state index contributed by atoms with van der Waals surface area (Å²) in [5, 5.41) is 2.62. The highest BCUT2D eigenvalue weighted by Crippen LogP contribution is 2.49. The summed E-state index contributed by atoms with van der Waals surface area (Å²) >= 11 is 0. The van der Waals surface area contributed by atoms with Crippen molar-refractivity contribution in [2.24, 2.45) is 0 Å². The highest BCUT2D eigenvalue weighted by atomic mass is 15.0. The van der Waals surface area contributed by atoms with Crippen molar-refractivity contribution in [1.29, 1.82) is 0 Å². The molecule has 1 heterocycles. The molecule has 32 heavy (non-hydrogen) atoms. The summed E-state index contributed by atoms with van der Waals surface area (Å²) in [5.74, 6) is 0. The molecule has 0 spiro atoms. The first-order chi connectivity index (χ1) is 15.6. The van der Waals surface area contributed by atoms with Gasteiger partial charge in [-0.15, -0.1) is 0 Å². The van der Waals surface area contributed by atoms with Crippen LogP contribution in [0.2, 0.25) is 0 Å². The van der Waals surface area contributed by atoms with E-state index in [1.807, 2.05) is 0 Å². The molecule has 1 aromatic heterocycles. The fourth-order valence-corrected chi connectivity index (χ4v) is 5.65. The maximum Gasteiger partial charge on any atom is 0.0541 e. The summed E-state index contributed by atoms with van der Waals surface area (Å²) in [7, 11) is 0. The molecule has 0 atom stereocenters. The standard InChI is InChI=1S/C31H29N/c1-4-5-10-21-15-17-23-24-18-16-22(20-28(24)31(2,3)27(23)19-21)32-29-13-8-6-11-25(29)26-12-7-9-14-30(26)32/h6-9,11-20H,4-5,10H2,1-3H3. The Morgan fingerprint density at radius 2 is 1.28 bits per heavy atom. The molecule has 0 fully saturated rings. The molecule has 0 saturated heterocycles. The van der Waals surface area contributed by atoms with Crippen LogP contribution in [-0.2, 0) is 11.8 Å². The van der Waals surface area contributed by atoms with E-state index < -0.39 is 0 Å². The maximum atomic E-state index is 2.46. The third kappa shape index (κ3) is 2.70. The minimum absolute atomic E-state index is 0.00165. The van der Waals surface area contributed by atoms with Crippen LogP contribution in [0, 0.1) is 0 Å². The Labute approximate surface area is 190 Å². The topological polar surface area (TPSA) is 4.93 Å². The Morgan fingerprint density at radius 3 is 1.94 bits per heavy atom. The number of unbranched alkanes of at least 4 members (excludes halogenated alkanes) is 1. The molecule has 5 aromatic rings. The molecule has 158 valence electrons. The van der Waals surface area contributed by atoms with E-state index in [-0.39, 0.29) is 5.41 Å². The van der Waals surface area contributed by atoms with Crippen LogP contribution in [0.3, 0.4) is 0 Å². The van der Waals surface area contributed by atoms with Crippen LogP contribution in [-0.4, -0.2) is 4.57 Å². The Kier molecular flexibility index (Phi) is 4.30. The smallest absolute Gasteiger partial charge is 0.0541 e. The molecule has 0 saturated carbocycles. The Hall–Kier alpha value is -3.32. The van der Waals surface area contributed by atoms with Crippen molar-refractivity contribution < 1.29 is 0 Å². The fourth-order valence-electron chi connectivity index (χ4n) is 5.65. The van der Waals surface area contributed by atoms with E-state index in [9.17, 15) is 0 Å². The molecule has 4 aromatic carbocycles. The van der Waals surface area contributed by atoms with Crippen LogP contribution in [0.5, 0.6) is 0 Å². The monoisotopic (exact) mass is 415 g/mol. The quantitative estimate of drug-likeness (QED) is 0.277. The Morgan fingerprint density at radius 1 is 0.688 bits per heavy atom. The van der Waals surface area contributed by atoms with Gasteiger partial charge in [0, 0.05) is 21.9 Å². The normalized spacial score (nSPS) is 14.1. The van der Waals surface area contributed by atoms with Gasteiger partial charge in [-0.25, -0.2) is 0 Å². The molecule has 0 aliphatic heterocycles. The SMILES string of the molecule is CCCCc1ccc2c(c1)C(C)(C)c1cc(-n3c4ccccc4c4ccccc43)ccc1-2. The number of hydrogen-bond acceptors (Lipinski definition) is 0. The van der Waals surface area contributed by atoms with Crippen molar-refractivity contribution in [3.63, 3.8) is 0 Å². The number of hydrogen-bond donors (Lipinski definition) is 0. The molecular formula is C31H29N. The number of aromatic nitrogens is 1. The van der Waals surface area contributed by atoms with Crippen LogP contribution < -0.4 is 0 Å². The van der Waals surface area contributed by atoms with E-state index in [1.54, 1.807) is 0 Å². The molecular weight excluding hydrogens is 386 g/mol. The lowest BCUT2D eigenvalue weighted by molar-refractivity contribution is 0.658. The number of benzene rings is 4. The molecule has 0 N–H and O–H groups in total. The average Bonchev–Trinajstić information content (AvgIpc) is 3.27. The lowest BCUT2D eigenvalue weighted by Crippen LogP contribution is -2.15. The van der Waals surface area contributed by atoms with Gasteiger partial charge >= 0.3 is 0 Å². The third-order valence-electron chi connectivity index (χ3n) is 7.38. The zero-order chi connectivity index (χ0) is 21.9. The predicted octanol–water partition coefficient (Wildman–Crippen LogP) is 8.43. The van der Waals surface area contributed by atoms with E-state index in [1.165, 1.54) is 74.6 Å². The molecule has 6 rings (SSSR count). The zero-order valence-corrected chi connectivity index (χ0v) is 19.2. The summed E-state index contributed by atoms with van der Waals surface area (Å²) in [6, 6.07) is 31.7. The van der Waals surface area contributed by atoms with E-state index in [0.29, 0.717) is 0 Å². The number of rotatable bonds is 4. The van der Waals surface area contributed by atoms with Crippen LogP contribution in [0.25, 0.3) is 38.6 Å². The van der Waals surface area contributed by atoms with Crippen molar-refractivity contribution in [3.8, 4) is 16.8 Å². The molecule has 0 radical (unpaired) electrons. The summed E-state index contributed by atoms with van der Waals surface area (Å²) in [6.07, 6.45) is 3.66. The zero-order valence-electron chi connectivity index (χ0n) is 19.2. The van der Waals surface area contributed by atoms with Crippen molar-refractivity contribution in [2.45, 2.75) is 45.4 Å². The second kappa shape index (κ2) is 7.10. The maximum absolute atomic E-state index is 2.46. The number of aryl methyl sites for hydroxylation is 1. The lowest BCUT2D eigenvalue weighted by atomic mass is 9.81. The minimum atomic E-state index is 0.00165. The number of nitrogens with zero attached hydrogens (tertiary/aromatic N) is 1. The first-order valence-electron chi connectivity index (χ1n) is 11.9. The van der Waals surface area contributed by atoms with Crippen LogP contribution in [0.4, 0.5) is 0 Å². The predicted molar refractivity (Wildman–Crippen MR) is 137 cm³/mol. The number of fused-ring (bicyclic) bond motifs is 6. The fraction of sp³-hybridized carbons (Fsp3) is 0.226. The van der Waals surface area contributed by atoms with E-state index >= 15 is 0 Å². The summed E-state index contributed by atoms with van der Waals surface area (Å²) < 4.78 is 2.43. The van der Waals surface area contributed by atoms with Gasteiger partial charge in [-0.2, -0.15) is 0 Å². The first-order valence-corrected chi connectivity index (χ1v) is 11.9. The number of para-hydroxylation sites is 2. The molecule has 0 amide bonds. The van der Waals surface area contributed by atoms with Gasteiger partial charge in [0.05, 0.1) is 11.0 Å². The highest BCUT2D eigenvalue weighted by molar-refractivity contribution is 6.09. The second-order valence-electron chi connectivity index (χ2n) is 9.71. The average molecular weight is 416 g/mol. The van der Waals surface area contributed by atoms with Crippen LogP contribution >= 0.6 is 0 Å². The van der Waals surface area contributed by atoms with Gasteiger partial charge in [0.2, 0.25) is 0 Å². The molecule has 1 heteroatoms. The van der Waals surface area contributed by atoms with Gasteiger partial charge in [0.1, 0.15) is 0 Å². The minimum Gasteiger partial charge on any atom is -0.309 e.